The largest absolute Gasteiger partial charge is 0.496 e. The van der Waals surface area contributed by atoms with E-state index in [1.54, 1.807) is 26.0 Å². The lowest BCUT2D eigenvalue weighted by atomic mass is 9.94. The number of ether oxygens (including phenoxy) is 2. The Labute approximate surface area is 191 Å². The molecule has 9 heteroatoms. The van der Waals surface area contributed by atoms with E-state index in [1.165, 1.54) is 13.3 Å². The third kappa shape index (κ3) is 5.34. The van der Waals surface area contributed by atoms with Gasteiger partial charge < -0.3 is 25.6 Å². The standard InChI is InChI=1S/C24H28FN3O5/c1-5-14-18(28-22(30)20(14)25)7-9-33-23-16-11-19(32-4)17(21(26)29)10-15(16)13(12-27-23)6-8-24(2,3)31/h10-12,14,18,20,31H,5,7,9H2,1-4H3,(H2,26,29)(H,28,30)/t14-,18+,20-/m0/s1. The highest BCUT2D eigenvalue weighted by molar-refractivity contribution is 6.03. The average molecular weight is 458 g/mol. The van der Waals surface area contributed by atoms with Gasteiger partial charge in [0.15, 0.2) is 6.17 Å². The summed E-state index contributed by atoms with van der Waals surface area (Å²) in [5.74, 6) is 4.47. The summed E-state index contributed by atoms with van der Waals surface area (Å²) >= 11 is 0. The summed E-state index contributed by atoms with van der Waals surface area (Å²) in [6, 6.07) is 2.82. The van der Waals surface area contributed by atoms with Crippen molar-refractivity contribution in [1.29, 1.82) is 0 Å². The topological polar surface area (TPSA) is 124 Å². The minimum Gasteiger partial charge on any atom is -0.496 e. The van der Waals surface area contributed by atoms with Crippen molar-refractivity contribution in [3.05, 3.63) is 29.5 Å². The molecule has 2 heterocycles. The van der Waals surface area contributed by atoms with E-state index in [4.69, 9.17) is 15.2 Å². The van der Waals surface area contributed by atoms with E-state index in [0.29, 0.717) is 29.2 Å². The van der Waals surface area contributed by atoms with Gasteiger partial charge in [0, 0.05) is 35.3 Å². The lowest BCUT2D eigenvalue weighted by molar-refractivity contribution is -0.123. The highest BCUT2D eigenvalue weighted by atomic mass is 19.1. The Bertz CT molecular complexity index is 1130. The number of rotatable bonds is 7. The van der Waals surface area contributed by atoms with Crippen LogP contribution in [0, 0.1) is 17.8 Å². The number of hydrogen-bond acceptors (Lipinski definition) is 6. The van der Waals surface area contributed by atoms with Crippen molar-refractivity contribution in [2.45, 2.75) is 51.4 Å². The van der Waals surface area contributed by atoms with Crippen molar-refractivity contribution in [3.8, 4) is 23.5 Å². The first kappa shape index (κ1) is 24.3. The fourth-order valence-electron chi connectivity index (χ4n) is 3.87. The zero-order chi connectivity index (χ0) is 24.3. The normalized spacial score (nSPS) is 20.2. The van der Waals surface area contributed by atoms with Crippen LogP contribution >= 0.6 is 0 Å². The third-order valence-electron chi connectivity index (χ3n) is 5.55. The number of pyridine rings is 1. The van der Waals surface area contributed by atoms with Crippen molar-refractivity contribution in [2.24, 2.45) is 11.7 Å². The fourth-order valence-corrected chi connectivity index (χ4v) is 3.87. The molecular weight excluding hydrogens is 429 g/mol. The van der Waals surface area contributed by atoms with E-state index in [9.17, 15) is 19.1 Å². The maximum Gasteiger partial charge on any atom is 0.255 e. The molecule has 1 aliphatic rings. The Balaban J connectivity index is 1.95. The monoisotopic (exact) mass is 457 g/mol. The van der Waals surface area contributed by atoms with Crippen molar-refractivity contribution in [2.75, 3.05) is 13.7 Å². The molecule has 2 aromatic rings. The van der Waals surface area contributed by atoms with Crippen LogP contribution in [0.2, 0.25) is 0 Å². The predicted octanol–water partition coefficient (Wildman–Crippen LogP) is 2.10. The first-order chi connectivity index (χ1) is 15.6. The molecule has 1 aromatic carbocycles. The molecule has 176 valence electrons. The van der Waals surface area contributed by atoms with E-state index in [0.717, 1.165) is 0 Å². The van der Waals surface area contributed by atoms with Crippen LogP contribution in [0.25, 0.3) is 10.8 Å². The van der Waals surface area contributed by atoms with Crippen molar-refractivity contribution >= 4 is 22.6 Å². The Morgan fingerprint density at radius 3 is 2.70 bits per heavy atom. The molecule has 2 amide bonds. The number of methoxy groups -OCH3 is 1. The number of nitrogens with one attached hydrogen (secondary N) is 1. The first-order valence-electron chi connectivity index (χ1n) is 10.7. The van der Waals surface area contributed by atoms with Crippen molar-refractivity contribution < 1.29 is 28.6 Å². The Morgan fingerprint density at radius 1 is 1.36 bits per heavy atom. The number of carbonyl (C=O) groups is 2. The van der Waals surface area contributed by atoms with Gasteiger partial charge in [0.1, 0.15) is 11.4 Å². The van der Waals surface area contributed by atoms with Gasteiger partial charge in [0.05, 0.1) is 24.8 Å². The summed E-state index contributed by atoms with van der Waals surface area (Å²) in [6.07, 6.45) is 0.916. The second kappa shape index (κ2) is 9.63. The van der Waals surface area contributed by atoms with E-state index >= 15 is 0 Å². The number of aliphatic hydroxyl groups is 1. The van der Waals surface area contributed by atoms with Gasteiger partial charge in [-0.15, -0.1) is 0 Å². The number of alkyl halides is 1. The zero-order valence-corrected chi connectivity index (χ0v) is 19.1. The maximum atomic E-state index is 14.0. The van der Waals surface area contributed by atoms with Gasteiger partial charge in [-0.1, -0.05) is 18.8 Å². The number of primary amides is 1. The molecule has 1 fully saturated rings. The van der Waals surface area contributed by atoms with Gasteiger partial charge in [-0.3, -0.25) is 9.59 Å². The number of halogens is 1. The van der Waals surface area contributed by atoms with Gasteiger partial charge in [0.2, 0.25) is 5.88 Å². The van der Waals surface area contributed by atoms with Crippen LogP contribution in [0.15, 0.2) is 18.3 Å². The Morgan fingerprint density at radius 2 is 2.09 bits per heavy atom. The number of nitrogens with zero attached hydrogens (tertiary/aromatic N) is 1. The van der Waals surface area contributed by atoms with Gasteiger partial charge in [-0.25, -0.2) is 9.37 Å². The van der Waals surface area contributed by atoms with E-state index in [-0.39, 0.29) is 29.8 Å². The molecule has 0 aliphatic carbocycles. The lowest BCUT2D eigenvalue weighted by Crippen LogP contribution is -2.30. The molecule has 0 radical (unpaired) electrons. The molecule has 0 spiro atoms. The number of hydrogen-bond donors (Lipinski definition) is 3. The minimum atomic E-state index is -1.51. The van der Waals surface area contributed by atoms with Crippen LogP contribution in [0.1, 0.15) is 49.5 Å². The number of benzene rings is 1. The van der Waals surface area contributed by atoms with E-state index in [1.807, 2.05) is 6.92 Å². The molecule has 0 unspecified atom stereocenters. The summed E-state index contributed by atoms with van der Waals surface area (Å²) in [7, 11) is 1.42. The molecule has 3 rings (SSSR count). The quantitative estimate of drug-likeness (QED) is 0.547. The molecule has 8 nitrogen and oxygen atoms in total. The van der Waals surface area contributed by atoms with Crippen LogP contribution < -0.4 is 20.5 Å². The number of nitrogens with two attached hydrogens (primary N) is 1. The molecule has 4 N–H and O–H groups in total. The van der Waals surface area contributed by atoms with Crippen molar-refractivity contribution in [3.63, 3.8) is 0 Å². The predicted molar refractivity (Wildman–Crippen MR) is 121 cm³/mol. The number of aromatic nitrogens is 1. The highest BCUT2D eigenvalue weighted by Crippen LogP contribution is 2.33. The molecule has 1 aromatic heterocycles. The zero-order valence-electron chi connectivity index (χ0n) is 19.1. The molecule has 0 saturated carbocycles. The highest BCUT2D eigenvalue weighted by Gasteiger charge is 2.41. The maximum absolute atomic E-state index is 14.0. The smallest absolute Gasteiger partial charge is 0.255 e. The molecule has 1 aliphatic heterocycles. The van der Waals surface area contributed by atoms with Gasteiger partial charge >= 0.3 is 0 Å². The molecule has 33 heavy (non-hydrogen) atoms. The number of fused-ring (bicyclic) bond motifs is 1. The van der Waals surface area contributed by atoms with Gasteiger partial charge in [-0.05, 0) is 32.4 Å². The summed E-state index contributed by atoms with van der Waals surface area (Å²) < 4.78 is 25.2. The van der Waals surface area contributed by atoms with E-state index < -0.39 is 29.5 Å². The minimum absolute atomic E-state index is 0.168. The van der Waals surface area contributed by atoms with Crippen LogP contribution in [0.4, 0.5) is 4.39 Å². The first-order valence-corrected chi connectivity index (χ1v) is 10.7. The molecule has 3 atom stereocenters. The fraction of sp³-hybridized carbons (Fsp3) is 0.458. The Hall–Kier alpha value is -3.38. The third-order valence-corrected chi connectivity index (χ3v) is 5.55. The SMILES string of the molecule is CC[C@@H]1[C@H](F)C(=O)N[C@@H]1CCOc1ncc(C#CC(C)(C)O)c2cc(C(N)=O)c(OC)cc12. The summed E-state index contributed by atoms with van der Waals surface area (Å²) in [5.41, 5.74) is 4.92. The van der Waals surface area contributed by atoms with Crippen LogP contribution in [-0.2, 0) is 4.79 Å². The lowest BCUT2D eigenvalue weighted by Gasteiger charge is -2.18. The second-order valence-corrected chi connectivity index (χ2v) is 8.47. The van der Waals surface area contributed by atoms with Gasteiger partial charge in [0.25, 0.3) is 11.8 Å². The Kier molecular flexibility index (Phi) is 7.08. The second-order valence-electron chi connectivity index (χ2n) is 8.47. The van der Waals surface area contributed by atoms with Crippen LogP contribution in [0.3, 0.4) is 0 Å². The van der Waals surface area contributed by atoms with Crippen molar-refractivity contribution in [1.82, 2.24) is 10.3 Å². The summed E-state index contributed by atoms with van der Waals surface area (Å²) in [5, 5.41) is 13.7. The molecule has 1 saturated heterocycles. The number of amides is 2. The van der Waals surface area contributed by atoms with Crippen LogP contribution in [-0.4, -0.2) is 53.4 Å². The van der Waals surface area contributed by atoms with Gasteiger partial charge in [-0.2, -0.15) is 0 Å². The van der Waals surface area contributed by atoms with E-state index in [2.05, 4.69) is 22.1 Å². The molecule has 0 bridgehead atoms. The average Bonchev–Trinajstić information content (AvgIpc) is 3.03. The van der Waals surface area contributed by atoms with Crippen LogP contribution in [0.5, 0.6) is 11.6 Å². The summed E-state index contributed by atoms with van der Waals surface area (Å²) in [6.45, 7) is 5.14. The molecular formula is C24H28FN3O5. The summed E-state index contributed by atoms with van der Waals surface area (Å²) in [4.78, 5) is 27.9. The number of carbonyl (C=O) groups excluding carboxylic acids is 2.